The summed E-state index contributed by atoms with van der Waals surface area (Å²) in [6, 6.07) is 6.07. The molecule has 0 saturated carbocycles. The van der Waals surface area contributed by atoms with Crippen molar-refractivity contribution in [3.05, 3.63) is 23.9 Å². The second kappa shape index (κ2) is 3.57. The fraction of sp³-hybridized carbons (Fsp3) is 0.417. The molecule has 0 aliphatic rings. The van der Waals surface area contributed by atoms with Gasteiger partial charge < -0.3 is 4.74 Å². The van der Waals surface area contributed by atoms with Gasteiger partial charge in [0.25, 0.3) is 0 Å². The molecule has 0 bridgehead atoms. The van der Waals surface area contributed by atoms with Crippen molar-refractivity contribution in [1.29, 1.82) is 0 Å². The fourth-order valence-corrected chi connectivity index (χ4v) is 1.83. The molecule has 1 heterocycles. The average molecular weight is 204 g/mol. The van der Waals surface area contributed by atoms with E-state index in [0.717, 1.165) is 17.0 Å². The highest BCUT2D eigenvalue weighted by Gasteiger charge is 2.11. The van der Waals surface area contributed by atoms with Gasteiger partial charge in [-0.1, -0.05) is 13.8 Å². The van der Waals surface area contributed by atoms with Gasteiger partial charge >= 0.3 is 0 Å². The number of aryl methyl sites for hydroxylation is 1. The van der Waals surface area contributed by atoms with E-state index in [2.05, 4.69) is 25.0 Å². The van der Waals surface area contributed by atoms with E-state index < -0.39 is 0 Å². The first kappa shape index (κ1) is 10.0. The molecule has 1 aromatic heterocycles. The van der Waals surface area contributed by atoms with Gasteiger partial charge in [-0.05, 0) is 24.1 Å². The molecule has 0 amide bonds. The summed E-state index contributed by atoms with van der Waals surface area (Å²) in [5.74, 6) is 1.32. The molecule has 1 aromatic carbocycles. The molecule has 2 rings (SSSR count). The number of nitrogens with zero attached hydrogens (tertiary/aromatic N) is 2. The molecular formula is C12H16N2O. The van der Waals surface area contributed by atoms with Gasteiger partial charge in [0, 0.05) is 12.4 Å². The summed E-state index contributed by atoms with van der Waals surface area (Å²) in [5.41, 5.74) is 2.28. The Hall–Kier alpha value is -1.51. The number of benzene rings is 1. The maximum Gasteiger partial charge on any atom is 0.119 e. The van der Waals surface area contributed by atoms with Gasteiger partial charge in [-0.3, -0.25) is 4.68 Å². The molecule has 0 atom stereocenters. The van der Waals surface area contributed by atoms with Gasteiger partial charge in [-0.25, -0.2) is 0 Å². The molecule has 0 saturated heterocycles. The van der Waals surface area contributed by atoms with Gasteiger partial charge in [0.1, 0.15) is 5.75 Å². The smallest absolute Gasteiger partial charge is 0.119 e. The van der Waals surface area contributed by atoms with Crippen LogP contribution in [0.5, 0.6) is 5.75 Å². The first-order valence-corrected chi connectivity index (χ1v) is 5.14. The van der Waals surface area contributed by atoms with Crippen molar-refractivity contribution in [1.82, 2.24) is 9.78 Å². The van der Waals surface area contributed by atoms with Crippen molar-refractivity contribution < 1.29 is 4.74 Å². The van der Waals surface area contributed by atoms with Gasteiger partial charge in [-0.2, -0.15) is 5.10 Å². The van der Waals surface area contributed by atoms with Crippen LogP contribution in [0.15, 0.2) is 18.2 Å². The zero-order valence-electron chi connectivity index (χ0n) is 9.61. The van der Waals surface area contributed by atoms with Crippen molar-refractivity contribution in [2.75, 3.05) is 7.11 Å². The Labute approximate surface area is 89.7 Å². The van der Waals surface area contributed by atoms with Crippen LogP contribution in [-0.2, 0) is 7.05 Å². The first-order chi connectivity index (χ1) is 7.13. The highest BCUT2D eigenvalue weighted by molar-refractivity contribution is 5.83. The third-order valence-corrected chi connectivity index (χ3v) is 2.63. The Balaban J connectivity index is 2.71. The van der Waals surface area contributed by atoms with E-state index in [4.69, 9.17) is 4.74 Å². The van der Waals surface area contributed by atoms with E-state index >= 15 is 0 Å². The summed E-state index contributed by atoms with van der Waals surface area (Å²) in [6.07, 6.45) is 0. The quantitative estimate of drug-likeness (QED) is 0.752. The number of ether oxygens (including phenoxy) is 1. The van der Waals surface area contributed by atoms with Crippen LogP contribution >= 0.6 is 0 Å². The normalized spacial score (nSPS) is 11.3. The molecule has 3 heteroatoms. The number of aromatic nitrogens is 2. The molecule has 3 nitrogen and oxygen atoms in total. The Morgan fingerprint density at radius 3 is 2.67 bits per heavy atom. The van der Waals surface area contributed by atoms with E-state index in [1.807, 2.05) is 23.9 Å². The van der Waals surface area contributed by atoms with Gasteiger partial charge in [0.05, 0.1) is 18.3 Å². The predicted octanol–water partition coefficient (Wildman–Crippen LogP) is 2.71. The summed E-state index contributed by atoms with van der Waals surface area (Å²) in [4.78, 5) is 0. The Morgan fingerprint density at radius 1 is 1.33 bits per heavy atom. The van der Waals surface area contributed by atoms with Crippen molar-refractivity contribution in [3.8, 4) is 5.75 Å². The van der Waals surface area contributed by atoms with Crippen LogP contribution < -0.4 is 4.74 Å². The van der Waals surface area contributed by atoms with Crippen LogP contribution in [0, 0.1) is 0 Å². The lowest BCUT2D eigenvalue weighted by molar-refractivity contribution is 0.415. The summed E-state index contributed by atoms with van der Waals surface area (Å²) in [6.45, 7) is 4.31. The lowest BCUT2D eigenvalue weighted by Crippen LogP contribution is -1.92. The van der Waals surface area contributed by atoms with Crippen molar-refractivity contribution >= 4 is 10.9 Å². The summed E-state index contributed by atoms with van der Waals surface area (Å²) < 4.78 is 7.15. The highest BCUT2D eigenvalue weighted by Crippen LogP contribution is 2.27. The third-order valence-electron chi connectivity index (χ3n) is 2.63. The predicted molar refractivity (Wildman–Crippen MR) is 61.4 cm³/mol. The maximum absolute atomic E-state index is 5.23. The van der Waals surface area contributed by atoms with E-state index in [0.29, 0.717) is 5.92 Å². The average Bonchev–Trinajstić information content (AvgIpc) is 2.56. The fourth-order valence-electron chi connectivity index (χ4n) is 1.83. The Morgan fingerprint density at radius 2 is 2.07 bits per heavy atom. The largest absolute Gasteiger partial charge is 0.497 e. The van der Waals surface area contributed by atoms with Crippen LogP contribution in [0.1, 0.15) is 25.5 Å². The second-order valence-electron chi connectivity index (χ2n) is 4.05. The topological polar surface area (TPSA) is 27.1 Å². The maximum atomic E-state index is 5.23. The van der Waals surface area contributed by atoms with Crippen LogP contribution in [-0.4, -0.2) is 16.9 Å². The number of methoxy groups -OCH3 is 1. The van der Waals surface area contributed by atoms with E-state index in [1.165, 1.54) is 5.39 Å². The molecule has 0 fully saturated rings. The molecule has 0 unspecified atom stereocenters. The second-order valence-corrected chi connectivity index (χ2v) is 4.05. The number of hydrogen-bond acceptors (Lipinski definition) is 2. The minimum Gasteiger partial charge on any atom is -0.497 e. The zero-order valence-corrected chi connectivity index (χ0v) is 9.61. The number of hydrogen-bond donors (Lipinski definition) is 0. The standard InChI is InChI=1S/C12H16N2O/c1-8(2)12-10-7-9(15-4)5-6-11(10)14(3)13-12/h5-8H,1-4H3. The number of fused-ring (bicyclic) bond motifs is 1. The molecule has 80 valence electrons. The van der Waals surface area contributed by atoms with Gasteiger partial charge in [0.2, 0.25) is 0 Å². The third kappa shape index (κ3) is 1.58. The Kier molecular flexibility index (Phi) is 2.39. The highest BCUT2D eigenvalue weighted by atomic mass is 16.5. The minimum absolute atomic E-state index is 0.431. The summed E-state index contributed by atoms with van der Waals surface area (Å²) in [5, 5.41) is 5.71. The van der Waals surface area contributed by atoms with E-state index in [1.54, 1.807) is 7.11 Å². The van der Waals surface area contributed by atoms with Crippen molar-refractivity contribution in [2.45, 2.75) is 19.8 Å². The van der Waals surface area contributed by atoms with E-state index in [9.17, 15) is 0 Å². The minimum atomic E-state index is 0.431. The number of rotatable bonds is 2. The molecule has 2 aromatic rings. The van der Waals surface area contributed by atoms with Crippen molar-refractivity contribution in [2.24, 2.45) is 7.05 Å². The summed E-state index contributed by atoms with van der Waals surface area (Å²) in [7, 11) is 3.66. The molecule has 0 aliphatic heterocycles. The van der Waals surface area contributed by atoms with Gasteiger partial charge in [0.15, 0.2) is 0 Å². The monoisotopic (exact) mass is 204 g/mol. The molecule has 15 heavy (non-hydrogen) atoms. The molecule has 0 aliphatic carbocycles. The van der Waals surface area contributed by atoms with Crippen LogP contribution in [0.3, 0.4) is 0 Å². The van der Waals surface area contributed by atoms with Gasteiger partial charge in [-0.15, -0.1) is 0 Å². The molecule has 0 radical (unpaired) electrons. The lowest BCUT2D eigenvalue weighted by Gasteiger charge is -2.02. The summed E-state index contributed by atoms with van der Waals surface area (Å²) >= 11 is 0. The zero-order chi connectivity index (χ0) is 11.0. The van der Waals surface area contributed by atoms with Crippen molar-refractivity contribution in [3.63, 3.8) is 0 Å². The van der Waals surface area contributed by atoms with Crippen LogP contribution in [0.2, 0.25) is 0 Å². The van der Waals surface area contributed by atoms with Crippen LogP contribution in [0.4, 0.5) is 0 Å². The molecule has 0 spiro atoms. The Bertz CT molecular complexity index is 486. The first-order valence-electron chi connectivity index (χ1n) is 5.14. The molecular weight excluding hydrogens is 188 g/mol. The van der Waals surface area contributed by atoms with Crippen LogP contribution in [0.25, 0.3) is 10.9 Å². The lowest BCUT2D eigenvalue weighted by atomic mass is 10.1. The SMILES string of the molecule is COc1ccc2c(c1)c(C(C)C)nn2C. The van der Waals surface area contributed by atoms with E-state index in [-0.39, 0.29) is 0 Å². The molecule has 0 N–H and O–H groups in total.